The zero-order valence-electron chi connectivity index (χ0n) is 10.2. The maximum absolute atomic E-state index is 11.5. The second-order valence-electron chi connectivity index (χ2n) is 3.94. The van der Waals surface area contributed by atoms with Crippen molar-refractivity contribution in [1.29, 1.82) is 0 Å². The van der Waals surface area contributed by atoms with Crippen LogP contribution in [-0.4, -0.2) is 18.4 Å². The van der Waals surface area contributed by atoms with Crippen molar-refractivity contribution in [3.8, 4) is 0 Å². The van der Waals surface area contributed by atoms with Crippen LogP contribution in [0, 0.1) is 0 Å². The van der Waals surface area contributed by atoms with E-state index in [2.05, 4.69) is 10.6 Å². The highest BCUT2D eigenvalue weighted by molar-refractivity contribution is 7.07. The van der Waals surface area contributed by atoms with Crippen LogP contribution in [0.2, 0.25) is 0 Å². The molecule has 0 fully saturated rings. The number of carbonyl (C=O) groups is 2. The summed E-state index contributed by atoms with van der Waals surface area (Å²) in [5.41, 5.74) is 0.957. The summed E-state index contributed by atoms with van der Waals surface area (Å²) in [6.45, 7) is 0.302. The van der Waals surface area contributed by atoms with Crippen LogP contribution >= 0.6 is 11.3 Å². The predicted molar refractivity (Wildman–Crippen MR) is 71.6 cm³/mol. The Balaban J connectivity index is 1.64. The van der Waals surface area contributed by atoms with Crippen molar-refractivity contribution in [2.24, 2.45) is 0 Å². The minimum absolute atomic E-state index is 0.0241. The van der Waals surface area contributed by atoms with Crippen molar-refractivity contribution in [2.75, 3.05) is 6.54 Å². The molecule has 100 valence electrons. The molecule has 2 heterocycles. The molecule has 0 spiro atoms. The fourth-order valence-electron chi connectivity index (χ4n) is 1.48. The summed E-state index contributed by atoms with van der Waals surface area (Å²) in [6, 6.07) is 5.42. The first-order valence-corrected chi connectivity index (χ1v) is 6.75. The molecule has 0 aliphatic heterocycles. The lowest BCUT2D eigenvalue weighted by atomic mass is 10.2. The van der Waals surface area contributed by atoms with Crippen LogP contribution in [0.5, 0.6) is 0 Å². The molecule has 0 saturated heterocycles. The first kappa shape index (κ1) is 13.4. The van der Waals surface area contributed by atoms with Gasteiger partial charge in [-0.25, -0.2) is 0 Å². The monoisotopic (exact) mass is 278 g/mol. The van der Waals surface area contributed by atoms with E-state index in [1.54, 1.807) is 29.7 Å². The summed E-state index contributed by atoms with van der Waals surface area (Å²) >= 11 is 1.54. The number of furan rings is 1. The molecule has 2 aromatic rings. The second-order valence-corrected chi connectivity index (χ2v) is 4.72. The number of thiophene rings is 1. The summed E-state index contributed by atoms with van der Waals surface area (Å²) in [7, 11) is 0. The standard InChI is InChI=1S/C13H14N2O3S/c16-12(6-10-3-5-19-9-10)15-8-13(17)14-7-11-2-1-4-18-11/h1-5,9H,6-8H2,(H,14,17)(H,15,16). The van der Waals surface area contributed by atoms with Gasteiger partial charge in [0.15, 0.2) is 0 Å². The highest BCUT2D eigenvalue weighted by atomic mass is 32.1. The highest BCUT2D eigenvalue weighted by Gasteiger charge is 2.07. The molecule has 2 N–H and O–H groups in total. The first-order valence-electron chi connectivity index (χ1n) is 5.81. The molecule has 6 heteroatoms. The summed E-state index contributed by atoms with van der Waals surface area (Å²) in [4.78, 5) is 23.0. The largest absolute Gasteiger partial charge is 0.467 e. The zero-order valence-corrected chi connectivity index (χ0v) is 11.0. The average molecular weight is 278 g/mol. The number of carbonyl (C=O) groups excluding carboxylic acids is 2. The Morgan fingerprint density at radius 2 is 2.11 bits per heavy atom. The molecule has 0 bridgehead atoms. The van der Waals surface area contributed by atoms with Crippen molar-refractivity contribution < 1.29 is 14.0 Å². The molecular formula is C13H14N2O3S. The maximum Gasteiger partial charge on any atom is 0.239 e. The van der Waals surface area contributed by atoms with Gasteiger partial charge in [0.05, 0.1) is 25.8 Å². The number of nitrogens with one attached hydrogen (secondary N) is 2. The Morgan fingerprint density at radius 3 is 2.79 bits per heavy atom. The molecule has 2 amide bonds. The van der Waals surface area contributed by atoms with E-state index < -0.39 is 0 Å². The molecule has 0 unspecified atom stereocenters. The van der Waals surface area contributed by atoms with Crippen molar-refractivity contribution in [3.63, 3.8) is 0 Å². The van der Waals surface area contributed by atoms with Gasteiger partial charge in [-0.15, -0.1) is 0 Å². The summed E-state index contributed by atoms with van der Waals surface area (Å²) in [5.74, 6) is 0.277. The molecule has 0 saturated carbocycles. The smallest absolute Gasteiger partial charge is 0.239 e. The fourth-order valence-corrected chi connectivity index (χ4v) is 2.15. The van der Waals surface area contributed by atoms with E-state index in [1.807, 2.05) is 16.8 Å². The molecule has 0 aliphatic rings. The summed E-state index contributed by atoms with van der Waals surface area (Å²) < 4.78 is 5.08. The number of hydrogen-bond acceptors (Lipinski definition) is 4. The van der Waals surface area contributed by atoms with E-state index in [1.165, 1.54) is 0 Å². The third-order valence-electron chi connectivity index (χ3n) is 2.43. The van der Waals surface area contributed by atoms with Gasteiger partial charge in [0, 0.05) is 0 Å². The van der Waals surface area contributed by atoms with Gasteiger partial charge in [0.25, 0.3) is 0 Å². The SMILES string of the molecule is O=C(CNC(=O)Cc1ccsc1)NCc1ccco1. The quantitative estimate of drug-likeness (QED) is 0.837. The number of amides is 2. The number of hydrogen-bond donors (Lipinski definition) is 2. The first-order chi connectivity index (χ1) is 9.24. The minimum Gasteiger partial charge on any atom is -0.467 e. The molecule has 19 heavy (non-hydrogen) atoms. The van der Waals surface area contributed by atoms with Crippen molar-refractivity contribution in [1.82, 2.24) is 10.6 Å². The second kappa shape index (κ2) is 6.75. The molecular weight excluding hydrogens is 264 g/mol. The van der Waals surface area contributed by atoms with Gasteiger partial charge in [-0.2, -0.15) is 11.3 Å². The fraction of sp³-hybridized carbons (Fsp3) is 0.231. The topological polar surface area (TPSA) is 71.3 Å². The van der Waals surface area contributed by atoms with E-state index in [9.17, 15) is 9.59 Å². The Morgan fingerprint density at radius 1 is 1.21 bits per heavy atom. The zero-order chi connectivity index (χ0) is 13.5. The Kier molecular flexibility index (Phi) is 4.74. The van der Waals surface area contributed by atoms with Crippen molar-refractivity contribution in [3.05, 3.63) is 46.5 Å². The molecule has 2 rings (SSSR count). The summed E-state index contributed by atoms with van der Waals surface area (Å²) in [6.07, 6.45) is 1.85. The van der Waals surface area contributed by atoms with Crippen LogP contribution in [0.3, 0.4) is 0 Å². The van der Waals surface area contributed by atoms with Crippen LogP contribution in [0.15, 0.2) is 39.6 Å². The lowest BCUT2D eigenvalue weighted by Crippen LogP contribution is -2.37. The minimum atomic E-state index is -0.241. The van der Waals surface area contributed by atoms with E-state index in [0.717, 1.165) is 5.56 Å². The van der Waals surface area contributed by atoms with Crippen LogP contribution < -0.4 is 10.6 Å². The Labute approximate surface area is 114 Å². The molecule has 0 aromatic carbocycles. The lowest BCUT2D eigenvalue weighted by molar-refractivity contribution is -0.125. The molecule has 0 atom stereocenters. The van der Waals surface area contributed by atoms with Gasteiger partial charge < -0.3 is 15.1 Å². The third kappa shape index (κ3) is 4.59. The number of rotatable bonds is 6. The van der Waals surface area contributed by atoms with Gasteiger partial charge in [-0.3, -0.25) is 9.59 Å². The Hall–Kier alpha value is -2.08. The van der Waals surface area contributed by atoms with Crippen molar-refractivity contribution >= 4 is 23.2 Å². The molecule has 0 aliphatic carbocycles. The summed E-state index contributed by atoms with van der Waals surface area (Å²) in [5, 5.41) is 9.06. The van der Waals surface area contributed by atoms with Crippen LogP contribution in [-0.2, 0) is 22.6 Å². The van der Waals surface area contributed by atoms with Gasteiger partial charge in [-0.05, 0) is 34.5 Å². The molecule has 0 radical (unpaired) electrons. The van der Waals surface area contributed by atoms with Gasteiger partial charge >= 0.3 is 0 Å². The van der Waals surface area contributed by atoms with Crippen LogP contribution in [0.25, 0.3) is 0 Å². The third-order valence-corrected chi connectivity index (χ3v) is 3.16. The van der Waals surface area contributed by atoms with Crippen LogP contribution in [0.1, 0.15) is 11.3 Å². The van der Waals surface area contributed by atoms with Crippen LogP contribution in [0.4, 0.5) is 0 Å². The van der Waals surface area contributed by atoms with E-state index >= 15 is 0 Å². The predicted octanol–water partition coefficient (Wildman–Crippen LogP) is 1.32. The van der Waals surface area contributed by atoms with E-state index in [0.29, 0.717) is 18.7 Å². The molecule has 5 nitrogen and oxygen atoms in total. The van der Waals surface area contributed by atoms with Gasteiger partial charge in [-0.1, -0.05) is 0 Å². The van der Waals surface area contributed by atoms with Crippen molar-refractivity contribution in [2.45, 2.75) is 13.0 Å². The normalized spacial score (nSPS) is 10.1. The van der Waals surface area contributed by atoms with Gasteiger partial charge in [0.2, 0.25) is 11.8 Å². The van der Waals surface area contributed by atoms with E-state index in [4.69, 9.17) is 4.42 Å². The average Bonchev–Trinajstić information content (AvgIpc) is 3.06. The maximum atomic E-state index is 11.5. The Bertz CT molecular complexity index is 520. The highest BCUT2D eigenvalue weighted by Crippen LogP contribution is 2.06. The van der Waals surface area contributed by atoms with E-state index in [-0.39, 0.29) is 18.4 Å². The molecule has 2 aromatic heterocycles. The van der Waals surface area contributed by atoms with Gasteiger partial charge in [0.1, 0.15) is 5.76 Å². The lowest BCUT2D eigenvalue weighted by Gasteiger charge is -2.05.